The zero-order valence-corrected chi connectivity index (χ0v) is 27.6. The zero-order chi connectivity index (χ0) is 33.8. The van der Waals surface area contributed by atoms with Gasteiger partial charge in [0.25, 0.3) is 5.91 Å². The number of carbonyl (C=O) groups excluding carboxylic acids is 7. The van der Waals surface area contributed by atoms with Crippen LogP contribution in [0.4, 0.5) is 9.59 Å². The Balaban J connectivity index is 1.52. The topological polar surface area (TPSA) is 200 Å². The average Bonchev–Trinajstić information content (AvgIpc) is 3.72. The Morgan fingerprint density at radius 2 is 1.60 bits per heavy atom. The Morgan fingerprint density at radius 3 is 2.09 bits per heavy atom. The minimum absolute atomic E-state index is 0.0470. The summed E-state index contributed by atoms with van der Waals surface area (Å²) in [4.78, 5) is 92.8. The highest BCUT2D eigenvalue weighted by Gasteiger charge is 2.70. The third-order valence-corrected chi connectivity index (χ3v) is 9.94. The Kier molecular flexibility index (Phi) is 9.04. The van der Waals surface area contributed by atoms with E-state index >= 15 is 0 Å². The van der Waals surface area contributed by atoms with Crippen molar-refractivity contribution < 1.29 is 33.6 Å². The highest BCUT2D eigenvalue weighted by Crippen LogP contribution is 2.65. The first-order chi connectivity index (χ1) is 20.6. The summed E-state index contributed by atoms with van der Waals surface area (Å²) < 4.78 is 0. The third-order valence-electron chi connectivity index (χ3n) is 9.94. The lowest BCUT2D eigenvalue weighted by molar-refractivity contribution is -0.145. The second kappa shape index (κ2) is 11.9. The maximum atomic E-state index is 14.2. The summed E-state index contributed by atoms with van der Waals surface area (Å²) in [7, 11) is 0. The standard InChI is InChI=1S/C31H49N7O7/c1-29(2,3)18(14-37-19(39)12-33-28(37)45)35-27(44)36-23(30(4,5)6)26(43)38-13-16-20(31(16,7)8)21(38)25(42)34-17(11-15-9-10-15)22(40)24(32)41/h15-18,20-21,23H,9-14H2,1-8H3,(H2,32,41)(H,33,45)(H,34,42)(H2,35,36,44)/t16-,17?,18+,20-,21-,23+/m0/s1. The van der Waals surface area contributed by atoms with Gasteiger partial charge >= 0.3 is 12.1 Å². The van der Waals surface area contributed by atoms with E-state index in [2.05, 4.69) is 21.3 Å². The molecule has 2 aliphatic carbocycles. The summed E-state index contributed by atoms with van der Waals surface area (Å²) in [6.45, 7) is 15.2. The van der Waals surface area contributed by atoms with Gasteiger partial charge in [0.15, 0.2) is 0 Å². The number of nitrogens with zero attached hydrogens (tertiary/aromatic N) is 2. The molecule has 0 aromatic carbocycles. The number of primary amides is 1. The van der Waals surface area contributed by atoms with Crippen molar-refractivity contribution in [3.8, 4) is 0 Å². The number of nitrogens with one attached hydrogen (secondary N) is 4. The van der Waals surface area contributed by atoms with E-state index in [1.807, 2.05) is 34.6 Å². The van der Waals surface area contributed by atoms with Crippen LogP contribution in [0.5, 0.6) is 0 Å². The van der Waals surface area contributed by atoms with Crippen molar-refractivity contribution in [2.45, 2.75) is 98.8 Å². The van der Waals surface area contributed by atoms with Gasteiger partial charge in [-0.05, 0) is 40.4 Å². The van der Waals surface area contributed by atoms with Crippen molar-refractivity contribution in [1.82, 2.24) is 31.1 Å². The minimum Gasteiger partial charge on any atom is -0.363 e. The van der Waals surface area contributed by atoms with Crippen LogP contribution in [0.3, 0.4) is 0 Å². The number of urea groups is 2. The number of likely N-dealkylation sites (tertiary alicyclic amines) is 1. The number of piperidine rings is 1. The summed E-state index contributed by atoms with van der Waals surface area (Å²) in [5, 5.41) is 10.9. The molecular formula is C31H49N7O7. The molecule has 45 heavy (non-hydrogen) atoms. The second-order valence-corrected chi connectivity index (χ2v) is 15.9. The molecule has 2 saturated carbocycles. The van der Waals surface area contributed by atoms with E-state index in [1.54, 1.807) is 20.8 Å². The molecule has 14 nitrogen and oxygen atoms in total. The van der Waals surface area contributed by atoms with E-state index in [0.717, 1.165) is 17.7 Å². The maximum Gasteiger partial charge on any atom is 0.324 e. The van der Waals surface area contributed by atoms with E-state index in [9.17, 15) is 33.6 Å². The van der Waals surface area contributed by atoms with Gasteiger partial charge in [-0.15, -0.1) is 0 Å². The molecule has 2 heterocycles. The summed E-state index contributed by atoms with van der Waals surface area (Å²) >= 11 is 0. The summed E-state index contributed by atoms with van der Waals surface area (Å²) in [6.07, 6.45) is 2.13. The molecule has 4 fully saturated rings. The number of hydrogen-bond acceptors (Lipinski definition) is 7. The van der Waals surface area contributed by atoms with Crippen LogP contribution in [0.2, 0.25) is 0 Å². The highest BCUT2D eigenvalue weighted by molar-refractivity contribution is 6.37. The molecule has 8 amide bonds. The van der Waals surface area contributed by atoms with E-state index in [1.165, 1.54) is 4.90 Å². The van der Waals surface area contributed by atoms with Crippen LogP contribution in [-0.4, -0.2) is 95.1 Å². The van der Waals surface area contributed by atoms with E-state index < -0.39 is 76.5 Å². The quantitative estimate of drug-likeness (QED) is 0.161. The van der Waals surface area contributed by atoms with Crippen LogP contribution in [0.15, 0.2) is 0 Å². The number of hydrogen-bond donors (Lipinski definition) is 5. The van der Waals surface area contributed by atoms with Crippen LogP contribution in [0.1, 0.15) is 74.7 Å². The molecule has 0 bridgehead atoms. The van der Waals surface area contributed by atoms with Gasteiger partial charge in [0.1, 0.15) is 12.1 Å². The average molecular weight is 632 g/mol. The van der Waals surface area contributed by atoms with E-state index in [4.69, 9.17) is 5.73 Å². The van der Waals surface area contributed by atoms with Crippen molar-refractivity contribution in [3.63, 3.8) is 0 Å². The Hall–Kier alpha value is -3.71. The molecule has 0 radical (unpaired) electrons. The van der Waals surface area contributed by atoms with Crippen LogP contribution in [0.25, 0.3) is 0 Å². The number of carbonyl (C=O) groups is 7. The van der Waals surface area contributed by atoms with Crippen LogP contribution >= 0.6 is 0 Å². The summed E-state index contributed by atoms with van der Waals surface area (Å²) in [6, 6.07) is -4.81. The predicted octanol–water partition coefficient (Wildman–Crippen LogP) is 0.489. The zero-order valence-electron chi connectivity index (χ0n) is 27.6. The molecule has 4 rings (SSSR count). The van der Waals surface area contributed by atoms with E-state index in [-0.39, 0.29) is 36.3 Å². The molecule has 1 unspecified atom stereocenters. The summed E-state index contributed by atoms with van der Waals surface area (Å²) in [5.74, 6) is -3.20. The molecule has 14 heteroatoms. The SMILES string of the molecule is CC(C)(C)[C@H](NC(=O)N[C@H](CN1C(=O)CNC1=O)C(C)(C)C)C(=O)N1C[C@H]2[C@@H]([C@H]1C(=O)NC(CC1CC1)C(=O)C(N)=O)C2(C)C. The number of imide groups is 1. The number of fused-ring (bicyclic) bond motifs is 1. The largest absolute Gasteiger partial charge is 0.363 e. The number of amides is 8. The normalized spacial score (nSPS) is 25.9. The van der Waals surface area contributed by atoms with Crippen LogP contribution in [0, 0.1) is 34.0 Å². The lowest BCUT2D eigenvalue weighted by Gasteiger charge is -2.39. The molecule has 250 valence electrons. The van der Waals surface area contributed by atoms with Gasteiger partial charge in [-0.2, -0.15) is 0 Å². The van der Waals surface area contributed by atoms with Gasteiger partial charge in [-0.1, -0.05) is 68.2 Å². The first-order valence-electron chi connectivity index (χ1n) is 15.7. The molecule has 6 atom stereocenters. The predicted molar refractivity (Wildman–Crippen MR) is 163 cm³/mol. The summed E-state index contributed by atoms with van der Waals surface area (Å²) in [5.41, 5.74) is 3.76. The first-order valence-corrected chi connectivity index (χ1v) is 15.7. The molecule has 2 saturated heterocycles. The van der Waals surface area contributed by atoms with Gasteiger partial charge in [0.05, 0.1) is 25.2 Å². The van der Waals surface area contributed by atoms with Crippen molar-refractivity contribution in [3.05, 3.63) is 0 Å². The van der Waals surface area contributed by atoms with Crippen molar-refractivity contribution in [2.75, 3.05) is 19.6 Å². The van der Waals surface area contributed by atoms with E-state index in [0.29, 0.717) is 13.0 Å². The maximum absolute atomic E-state index is 14.2. The molecule has 0 aromatic heterocycles. The Labute approximate surface area is 264 Å². The smallest absolute Gasteiger partial charge is 0.324 e. The van der Waals surface area contributed by atoms with Gasteiger partial charge in [0.2, 0.25) is 23.5 Å². The third kappa shape index (κ3) is 7.25. The van der Waals surface area contributed by atoms with Gasteiger partial charge in [-0.25, -0.2) is 9.59 Å². The lowest BCUT2D eigenvalue weighted by Crippen LogP contribution is -2.63. The van der Waals surface area contributed by atoms with Gasteiger partial charge in [-0.3, -0.25) is 28.9 Å². The van der Waals surface area contributed by atoms with Gasteiger partial charge < -0.3 is 31.9 Å². The Morgan fingerprint density at radius 1 is 0.978 bits per heavy atom. The van der Waals surface area contributed by atoms with Crippen LogP contribution < -0.4 is 27.0 Å². The first kappa shape index (κ1) is 34.2. The number of nitrogens with two attached hydrogens (primary N) is 1. The molecule has 2 aliphatic heterocycles. The van der Waals surface area contributed by atoms with Crippen molar-refractivity contribution in [1.29, 1.82) is 0 Å². The molecular weight excluding hydrogens is 582 g/mol. The van der Waals surface area contributed by atoms with Gasteiger partial charge in [0, 0.05) is 6.54 Å². The lowest BCUT2D eigenvalue weighted by atomic mass is 9.85. The fourth-order valence-corrected chi connectivity index (χ4v) is 6.66. The van der Waals surface area contributed by atoms with Crippen molar-refractivity contribution >= 4 is 41.5 Å². The number of Topliss-reactive ketones (excluding diaryl/α,β-unsaturated/α-hetero) is 1. The van der Waals surface area contributed by atoms with Crippen LogP contribution in [-0.2, 0) is 24.0 Å². The second-order valence-electron chi connectivity index (χ2n) is 15.9. The Bertz CT molecular complexity index is 1260. The van der Waals surface area contributed by atoms with Crippen molar-refractivity contribution in [2.24, 2.45) is 39.7 Å². The minimum atomic E-state index is -1.11. The highest BCUT2D eigenvalue weighted by atomic mass is 16.2. The fourth-order valence-electron chi connectivity index (χ4n) is 6.66. The number of rotatable bonds is 11. The fraction of sp³-hybridized carbons (Fsp3) is 0.774. The molecule has 6 N–H and O–H groups in total. The molecule has 0 aromatic rings. The molecule has 0 spiro atoms. The molecule has 4 aliphatic rings. The monoisotopic (exact) mass is 631 g/mol. The number of ketones is 1.